The van der Waals surface area contributed by atoms with Crippen LogP contribution in [0.3, 0.4) is 0 Å². The van der Waals surface area contributed by atoms with Crippen molar-refractivity contribution in [2.75, 3.05) is 13.7 Å². The predicted molar refractivity (Wildman–Crippen MR) is 69.4 cm³/mol. The van der Waals surface area contributed by atoms with Crippen molar-refractivity contribution in [1.29, 1.82) is 0 Å². The number of carbonyl (C=O) groups is 2. The number of piperazine rings is 1. The first-order chi connectivity index (χ1) is 9.13. The van der Waals surface area contributed by atoms with E-state index < -0.39 is 0 Å². The SMILES string of the molecule is COCC(C)N1C(=O)C(C2CC2)NC(=O)C1C1CC1. The van der Waals surface area contributed by atoms with Crippen LogP contribution in [0.25, 0.3) is 0 Å². The van der Waals surface area contributed by atoms with Gasteiger partial charge in [-0.2, -0.15) is 0 Å². The zero-order chi connectivity index (χ0) is 13.6. The van der Waals surface area contributed by atoms with Gasteiger partial charge in [-0.15, -0.1) is 0 Å². The summed E-state index contributed by atoms with van der Waals surface area (Å²) in [5.74, 6) is 0.850. The molecule has 1 heterocycles. The predicted octanol–water partition coefficient (Wildman–Crippen LogP) is 0.537. The Morgan fingerprint density at radius 3 is 2.42 bits per heavy atom. The van der Waals surface area contributed by atoms with E-state index in [-0.39, 0.29) is 29.9 Å². The molecule has 0 aromatic carbocycles. The Morgan fingerprint density at radius 2 is 1.89 bits per heavy atom. The first kappa shape index (κ1) is 12.9. The number of carbonyl (C=O) groups excluding carboxylic acids is 2. The summed E-state index contributed by atoms with van der Waals surface area (Å²) in [5.41, 5.74) is 0. The van der Waals surface area contributed by atoms with Crippen molar-refractivity contribution < 1.29 is 14.3 Å². The van der Waals surface area contributed by atoms with Gasteiger partial charge in [0.2, 0.25) is 11.8 Å². The van der Waals surface area contributed by atoms with Crippen molar-refractivity contribution in [3.8, 4) is 0 Å². The van der Waals surface area contributed by atoms with E-state index in [0.717, 1.165) is 25.7 Å². The van der Waals surface area contributed by atoms with E-state index in [1.807, 2.05) is 11.8 Å². The Morgan fingerprint density at radius 1 is 1.26 bits per heavy atom. The van der Waals surface area contributed by atoms with Crippen molar-refractivity contribution >= 4 is 11.8 Å². The minimum Gasteiger partial charge on any atom is -0.383 e. The molecule has 19 heavy (non-hydrogen) atoms. The smallest absolute Gasteiger partial charge is 0.246 e. The van der Waals surface area contributed by atoms with E-state index in [9.17, 15) is 9.59 Å². The van der Waals surface area contributed by atoms with E-state index >= 15 is 0 Å². The van der Waals surface area contributed by atoms with Crippen LogP contribution < -0.4 is 5.32 Å². The van der Waals surface area contributed by atoms with Crippen LogP contribution in [0.1, 0.15) is 32.6 Å². The highest BCUT2D eigenvalue weighted by atomic mass is 16.5. The molecule has 0 aromatic rings. The quantitative estimate of drug-likeness (QED) is 0.790. The topological polar surface area (TPSA) is 58.6 Å². The maximum atomic E-state index is 12.7. The Kier molecular flexibility index (Phi) is 3.25. The number of methoxy groups -OCH3 is 1. The van der Waals surface area contributed by atoms with Crippen LogP contribution in [0.2, 0.25) is 0 Å². The van der Waals surface area contributed by atoms with Gasteiger partial charge in [-0.3, -0.25) is 9.59 Å². The fraction of sp³-hybridized carbons (Fsp3) is 0.857. The van der Waals surface area contributed by atoms with Crippen molar-refractivity contribution in [2.45, 2.75) is 50.7 Å². The van der Waals surface area contributed by atoms with Gasteiger partial charge in [0.25, 0.3) is 0 Å². The molecule has 3 rings (SSSR count). The van der Waals surface area contributed by atoms with Gasteiger partial charge in [0.1, 0.15) is 12.1 Å². The van der Waals surface area contributed by atoms with Crippen LogP contribution in [0.5, 0.6) is 0 Å². The first-order valence-corrected chi connectivity index (χ1v) is 7.25. The van der Waals surface area contributed by atoms with Crippen LogP contribution in [0.4, 0.5) is 0 Å². The average molecular weight is 266 g/mol. The molecule has 1 saturated heterocycles. The van der Waals surface area contributed by atoms with Gasteiger partial charge < -0.3 is 15.0 Å². The van der Waals surface area contributed by atoms with Crippen LogP contribution in [-0.4, -0.2) is 48.6 Å². The molecule has 5 nitrogen and oxygen atoms in total. The molecule has 3 aliphatic rings. The van der Waals surface area contributed by atoms with Crippen molar-refractivity contribution in [1.82, 2.24) is 10.2 Å². The lowest BCUT2D eigenvalue weighted by molar-refractivity contribution is -0.154. The number of rotatable bonds is 5. The minimum absolute atomic E-state index is 0.0320. The van der Waals surface area contributed by atoms with Gasteiger partial charge in [0.15, 0.2) is 0 Å². The third-order valence-electron chi connectivity index (χ3n) is 4.43. The summed E-state index contributed by atoms with van der Waals surface area (Å²) in [7, 11) is 1.63. The van der Waals surface area contributed by atoms with Gasteiger partial charge in [-0.1, -0.05) is 0 Å². The Hall–Kier alpha value is -1.10. The number of nitrogens with one attached hydrogen (secondary N) is 1. The molecule has 106 valence electrons. The van der Waals surface area contributed by atoms with E-state index in [0.29, 0.717) is 18.4 Å². The molecule has 5 heteroatoms. The highest BCUT2D eigenvalue weighted by Gasteiger charge is 2.52. The lowest BCUT2D eigenvalue weighted by Crippen LogP contribution is -2.67. The molecule has 2 saturated carbocycles. The van der Waals surface area contributed by atoms with Crippen molar-refractivity contribution in [3.05, 3.63) is 0 Å². The zero-order valence-electron chi connectivity index (χ0n) is 11.6. The molecule has 0 bridgehead atoms. The maximum absolute atomic E-state index is 12.7. The molecule has 3 fully saturated rings. The second-order valence-corrected chi connectivity index (χ2v) is 6.16. The fourth-order valence-corrected chi connectivity index (χ4v) is 3.14. The van der Waals surface area contributed by atoms with Crippen molar-refractivity contribution in [3.63, 3.8) is 0 Å². The Labute approximate surface area is 113 Å². The summed E-state index contributed by atoms with van der Waals surface area (Å²) in [4.78, 5) is 26.8. The number of ether oxygens (including phenoxy) is 1. The lowest BCUT2D eigenvalue weighted by atomic mass is 9.98. The minimum atomic E-state index is -0.290. The standard InChI is InChI=1S/C14H22N2O3/c1-8(7-19-2)16-12(10-5-6-10)13(17)15-11(14(16)18)9-3-4-9/h8-12H,3-7H2,1-2H3,(H,15,17). The molecule has 3 atom stereocenters. The highest BCUT2D eigenvalue weighted by molar-refractivity contribution is 5.98. The van der Waals surface area contributed by atoms with Gasteiger partial charge >= 0.3 is 0 Å². The van der Waals surface area contributed by atoms with Crippen LogP contribution in [-0.2, 0) is 14.3 Å². The first-order valence-electron chi connectivity index (χ1n) is 7.25. The van der Waals surface area contributed by atoms with E-state index in [4.69, 9.17) is 4.74 Å². The van der Waals surface area contributed by atoms with Gasteiger partial charge in [0.05, 0.1) is 12.6 Å². The zero-order valence-corrected chi connectivity index (χ0v) is 11.6. The summed E-state index contributed by atoms with van der Waals surface area (Å²) in [5, 5.41) is 2.96. The largest absolute Gasteiger partial charge is 0.383 e. The number of amides is 2. The summed E-state index contributed by atoms with van der Waals surface area (Å²) in [6.07, 6.45) is 4.21. The number of nitrogens with zero attached hydrogens (tertiary/aromatic N) is 1. The highest BCUT2D eigenvalue weighted by Crippen LogP contribution is 2.41. The number of hydrogen-bond donors (Lipinski definition) is 1. The molecule has 0 aromatic heterocycles. The van der Waals surface area contributed by atoms with Gasteiger partial charge in [-0.05, 0) is 44.4 Å². The Balaban J connectivity index is 1.82. The summed E-state index contributed by atoms with van der Waals surface area (Å²) < 4.78 is 5.17. The lowest BCUT2D eigenvalue weighted by Gasteiger charge is -2.42. The summed E-state index contributed by atoms with van der Waals surface area (Å²) in [6.45, 7) is 2.46. The summed E-state index contributed by atoms with van der Waals surface area (Å²) in [6, 6.07) is -0.593. The van der Waals surface area contributed by atoms with Crippen LogP contribution in [0.15, 0.2) is 0 Å². The van der Waals surface area contributed by atoms with Crippen LogP contribution >= 0.6 is 0 Å². The Bertz CT molecular complexity index is 390. The van der Waals surface area contributed by atoms with Gasteiger partial charge in [-0.25, -0.2) is 0 Å². The molecule has 0 spiro atoms. The number of hydrogen-bond acceptors (Lipinski definition) is 3. The third-order valence-corrected chi connectivity index (χ3v) is 4.43. The third kappa shape index (κ3) is 2.36. The van der Waals surface area contributed by atoms with E-state index in [1.165, 1.54) is 0 Å². The molecule has 1 aliphatic heterocycles. The van der Waals surface area contributed by atoms with E-state index in [1.54, 1.807) is 7.11 Å². The molecular formula is C14H22N2O3. The second-order valence-electron chi connectivity index (χ2n) is 6.16. The second kappa shape index (κ2) is 4.78. The fourth-order valence-electron chi connectivity index (χ4n) is 3.14. The van der Waals surface area contributed by atoms with E-state index in [2.05, 4.69) is 5.32 Å². The van der Waals surface area contributed by atoms with Crippen molar-refractivity contribution in [2.24, 2.45) is 11.8 Å². The maximum Gasteiger partial charge on any atom is 0.246 e. The molecule has 1 N–H and O–H groups in total. The molecule has 0 radical (unpaired) electrons. The monoisotopic (exact) mass is 266 g/mol. The van der Waals surface area contributed by atoms with Crippen LogP contribution in [0, 0.1) is 11.8 Å². The molecule has 2 aliphatic carbocycles. The molecule has 3 unspecified atom stereocenters. The van der Waals surface area contributed by atoms with Gasteiger partial charge in [0, 0.05) is 7.11 Å². The molecule has 2 amide bonds. The summed E-state index contributed by atoms with van der Waals surface area (Å²) >= 11 is 0. The normalized spacial score (nSPS) is 33.3. The molecular weight excluding hydrogens is 244 g/mol. The average Bonchev–Trinajstić information content (AvgIpc) is 3.24.